The van der Waals surface area contributed by atoms with Gasteiger partial charge in [0, 0.05) is 16.3 Å². The average Bonchev–Trinajstić information content (AvgIpc) is 2.84. The minimum atomic E-state index is -3.34. The van der Waals surface area contributed by atoms with Crippen LogP contribution in [-0.2, 0) is 9.84 Å². The Morgan fingerprint density at radius 2 is 1.90 bits per heavy atom. The molecule has 21 heavy (non-hydrogen) atoms. The standard InChI is InChI=1S/C14H10BrClN2O2S/c1-21(19,20)11-7-3-6-10-13(11)18-14(17-10)8-4-2-5-9(15)12(8)16/h2-7H,1H3,(H,17,18). The van der Waals surface area contributed by atoms with Gasteiger partial charge in [-0.3, -0.25) is 0 Å². The van der Waals surface area contributed by atoms with Crippen molar-refractivity contribution in [3.63, 3.8) is 0 Å². The van der Waals surface area contributed by atoms with Gasteiger partial charge < -0.3 is 4.98 Å². The fraction of sp³-hybridized carbons (Fsp3) is 0.0714. The number of nitrogens with zero attached hydrogens (tertiary/aromatic N) is 1. The van der Waals surface area contributed by atoms with E-state index in [1.807, 2.05) is 18.2 Å². The lowest BCUT2D eigenvalue weighted by Gasteiger charge is -2.01. The molecule has 0 amide bonds. The zero-order valence-electron chi connectivity index (χ0n) is 10.9. The van der Waals surface area contributed by atoms with Gasteiger partial charge in [-0.1, -0.05) is 23.7 Å². The lowest BCUT2D eigenvalue weighted by atomic mass is 10.2. The molecule has 4 nitrogen and oxygen atoms in total. The van der Waals surface area contributed by atoms with Crippen molar-refractivity contribution >= 4 is 48.4 Å². The number of hydrogen-bond acceptors (Lipinski definition) is 3. The van der Waals surface area contributed by atoms with E-state index in [-0.39, 0.29) is 4.90 Å². The summed E-state index contributed by atoms with van der Waals surface area (Å²) in [4.78, 5) is 7.73. The largest absolute Gasteiger partial charge is 0.338 e. The van der Waals surface area contributed by atoms with Crippen LogP contribution in [0.25, 0.3) is 22.4 Å². The van der Waals surface area contributed by atoms with Crippen LogP contribution in [0.1, 0.15) is 0 Å². The molecule has 3 rings (SSSR count). The number of imidazole rings is 1. The quantitative estimate of drug-likeness (QED) is 0.724. The molecule has 1 heterocycles. The highest BCUT2D eigenvalue weighted by Crippen LogP contribution is 2.33. The molecule has 1 N–H and O–H groups in total. The minimum Gasteiger partial charge on any atom is -0.338 e. The van der Waals surface area contributed by atoms with E-state index in [2.05, 4.69) is 25.9 Å². The van der Waals surface area contributed by atoms with Gasteiger partial charge in [-0.2, -0.15) is 0 Å². The van der Waals surface area contributed by atoms with E-state index in [1.54, 1.807) is 18.2 Å². The average molecular weight is 386 g/mol. The highest BCUT2D eigenvalue weighted by atomic mass is 79.9. The molecule has 2 aromatic carbocycles. The first kappa shape index (κ1) is 14.6. The Balaban J connectivity index is 2.30. The molecule has 0 unspecified atom stereocenters. The lowest BCUT2D eigenvalue weighted by Crippen LogP contribution is -1.97. The van der Waals surface area contributed by atoms with Crippen molar-refractivity contribution in [2.75, 3.05) is 6.26 Å². The SMILES string of the molecule is CS(=O)(=O)c1cccc2[nH]c(-c3cccc(Br)c3Cl)nc12. The molecule has 0 aliphatic rings. The number of H-pyrrole nitrogens is 1. The third-order valence-corrected chi connectivity index (χ3v) is 5.51. The summed E-state index contributed by atoms with van der Waals surface area (Å²) >= 11 is 9.62. The summed E-state index contributed by atoms with van der Waals surface area (Å²) in [6.45, 7) is 0. The van der Waals surface area contributed by atoms with E-state index < -0.39 is 9.84 Å². The van der Waals surface area contributed by atoms with Crippen LogP contribution in [0, 0.1) is 0 Å². The summed E-state index contributed by atoms with van der Waals surface area (Å²) in [6.07, 6.45) is 1.17. The second-order valence-corrected chi connectivity index (χ2v) is 7.83. The van der Waals surface area contributed by atoms with Crippen molar-refractivity contribution in [2.24, 2.45) is 0 Å². The molecular formula is C14H10BrClN2O2S. The van der Waals surface area contributed by atoms with Crippen LogP contribution in [0.15, 0.2) is 45.8 Å². The molecular weight excluding hydrogens is 376 g/mol. The molecule has 0 aliphatic carbocycles. The van der Waals surface area contributed by atoms with Gasteiger partial charge in [-0.15, -0.1) is 0 Å². The maximum absolute atomic E-state index is 11.8. The van der Waals surface area contributed by atoms with Gasteiger partial charge in [-0.25, -0.2) is 13.4 Å². The first-order valence-electron chi connectivity index (χ1n) is 6.01. The van der Waals surface area contributed by atoms with Crippen molar-refractivity contribution in [3.05, 3.63) is 45.9 Å². The van der Waals surface area contributed by atoms with Crippen LogP contribution in [0.4, 0.5) is 0 Å². The summed E-state index contributed by atoms with van der Waals surface area (Å²) in [5.41, 5.74) is 1.79. The Labute approximate surface area is 135 Å². The smallest absolute Gasteiger partial charge is 0.177 e. The van der Waals surface area contributed by atoms with Gasteiger partial charge in [0.1, 0.15) is 11.3 Å². The van der Waals surface area contributed by atoms with E-state index in [0.717, 1.165) is 4.47 Å². The monoisotopic (exact) mass is 384 g/mol. The van der Waals surface area contributed by atoms with Crippen molar-refractivity contribution in [1.82, 2.24) is 9.97 Å². The van der Waals surface area contributed by atoms with E-state index >= 15 is 0 Å². The summed E-state index contributed by atoms with van der Waals surface area (Å²) in [5, 5.41) is 0.525. The van der Waals surface area contributed by atoms with Gasteiger partial charge in [0.15, 0.2) is 9.84 Å². The summed E-state index contributed by atoms with van der Waals surface area (Å²) in [5.74, 6) is 0.535. The van der Waals surface area contributed by atoms with Gasteiger partial charge >= 0.3 is 0 Å². The molecule has 7 heteroatoms. The number of nitrogens with one attached hydrogen (secondary N) is 1. The molecule has 0 saturated heterocycles. The van der Waals surface area contributed by atoms with Crippen LogP contribution in [-0.4, -0.2) is 24.6 Å². The Kier molecular flexibility index (Phi) is 3.55. The van der Waals surface area contributed by atoms with Crippen molar-refractivity contribution < 1.29 is 8.42 Å². The number of hydrogen-bond donors (Lipinski definition) is 1. The van der Waals surface area contributed by atoms with Crippen molar-refractivity contribution in [3.8, 4) is 11.4 Å². The second-order valence-electron chi connectivity index (χ2n) is 4.61. The van der Waals surface area contributed by atoms with Gasteiger partial charge in [0.05, 0.1) is 15.4 Å². The fourth-order valence-corrected chi connectivity index (χ4v) is 3.53. The number of benzene rings is 2. The Morgan fingerprint density at radius 3 is 2.62 bits per heavy atom. The third kappa shape index (κ3) is 2.59. The van der Waals surface area contributed by atoms with E-state index in [1.165, 1.54) is 6.26 Å². The number of aromatic amines is 1. The van der Waals surface area contributed by atoms with Crippen LogP contribution < -0.4 is 0 Å². The lowest BCUT2D eigenvalue weighted by molar-refractivity contribution is 0.602. The number of aromatic nitrogens is 2. The van der Waals surface area contributed by atoms with E-state index in [9.17, 15) is 8.42 Å². The molecule has 1 aromatic heterocycles. The summed E-state index contributed by atoms with van der Waals surface area (Å²) < 4.78 is 24.4. The third-order valence-electron chi connectivity index (χ3n) is 3.08. The van der Waals surface area contributed by atoms with E-state index in [0.29, 0.717) is 27.4 Å². The summed E-state index contributed by atoms with van der Waals surface area (Å²) in [7, 11) is -3.34. The zero-order chi connectivity index (χ0) is 15.2. The molecule has 3 aromatic rings. The van der Waals surface area contributed by atoms with Crippen LogP contribution in [0.2, 0.25) is 5.02 Å². The van der Waals surface area contributed by atoms with Crippen LogP contribution in [0.3, 0.4) is 0 Å². The minimum absolute atomic E-state index is 0.202. The molecule has 108 valence electrons. The number of fused-ring (bicyclic) bond motifs is 1. The predicted molar refractivity (Wildman–Crippen MR) is 87.3 cm³/mol. The zero-order valence-corrected chi connectivity index (χ0v) is 14.1. The maximum Gasteiger partial charge on any atom is 0.177 e. The number of para-hydroxylation sites is 1. The number of sulfone groups is 1. The topological polar surface area (TPSA) is 62.8 Å². The van der Waals surface area contributed by atoms with Crippen LogP contribution in [0.5, 0.6) is 0 Å². The Morgan fingerprint density at radius 1 is 1.19 bits per heavy atom. The second kappa shape index (κ2) is 5.12. The van der Waals surface area contributed by atoms with E-state index in [4.69, 9.17) is 11.6 Å². The number of halogens is 2. The highest BCUT2D eigenvalue weighted by molar-refractivity contribution is 9.10. The molecule has 0 radical (unpaired) electrons. The molecule has 0 spiro atoms. The normalized spacial score (nSPS) is 12.0. The van der Waals surface area contributed by atoms with Gasteiger partial charge in [0.2, 0.25) is 0 Å². The van der Waals surface area contributed by atoms with Gasteiger partial charge in [-0.05, 0) is 40.2 Å². The first-order chi connectivity index (χ1) is 9.88. The van der Waals surface area contributed by atoms with Crippen molar-refractivity contribution in [1.29, 1.82) is 0 Å². The molecule has 0 atom stereocenters. The first-order valence-corrected chi connectivity index (χ1v) is 9.07. The maximum atomic E-state index is 11.8. The Bertz CT molecular complexity index is 951. The van der Waals surface area contributed by atoms with Crippen LogP contribution >= 0.6 is 27.5 Å². The predicted octanol–water partition coefficient (Wildman–Crippen LogP) is 4.05. The van der Waals surface area contributed by atoms with Gasteiger partial charge in [0.25, 0.3) is 0 Å². The van der Waals surface area contributed by atoms with Crippen molar-refractivity contribution in [2.45, 2.75) is 4.90 Å². The molecule has 0 aliphatic heterocycles. The molecule has 0 bridgehead atoms. The Hall–Kier alpha value is -1.37. The molecule has 0 saturated carbocycles. The molecule has 0 fully saturated rings. The fourth-order valence-electron chi connectivity index (χ4n) is 2.12. The highest BCUT2D eigenvalue weighted by Gasteiger charge is 2.17. The summed E-state index contributed by atoms with van der Waals surface area (Å²) in [6, 6.07) is 10.5. The number of rotatable bonds is 2.